The number of carbonyl (C=O) groups is 2. The number of benzene rings is 3. The monoisotopic (exact) mass is 569 g/mol. The number of carboxylic acid groups (broad SMARTS) is 1. The van der Waals surface area contributed by atoms with Gasteiger partial charge in [0, 0.05) is 20.7 Å². The van der Waals surface area contributed by atoms with Gasteiger partial charge >= 0.3 is 5.97 Å². The summed E-state index contributed by atoms with van der Waals surface area (Å²) in [6, 6.07) is 15.1. The van der Waals surface area contributed by atoms with Gasteiger partial charge in [-0.1, -0.05) is 66.5 Å². The number of hydrogen-bond donors (Lipinski definition) is 1. The first-order chi connectivity index (χ1) is 17.1. The molecule has 36 heavy (non-hydrogen) atoms. The molecule has 1 amide bonds. The Morgan fingerprint density at radius 3 is 2.42 bits per heavy atom. The molecule has 0 saturated heterocycles. The number of carboxylic acids is 1. The molecular weight excluding hydrogens is 546 g/mol. The largest absolute Gasteiger partial charge is 0.486 e. The SMILES string of the molecule is CC(C)(C)c1ccc(N2C(=O)c3cc(Br)ccc3C(C(=O)O)C2c2ccc3c(c2)OCCO3)cc1Cl. The van der Waals surface area contributed by atoms with Crippen molar-refractivity contribution in [3.05, 3.63) is 86.3 Å². The average molecular weight is 571 g/mol. The van der Waals surface area contributed by atoms with Crippen LogP contribution >= 0.6 is 27.5 Å². The van der Waals surface area contributed by atoms with Gasteiger partial charge in [-0.3, -0.25) is 14.5 Å². The molecule has 0 aromatic heterocycles. The molecule has 2 heterocycles. The molecule has 8 heteroatoms. The zero-order valence-electron chi connectivity index (χ0n) is 20.0. The first-order valence-corrected chi connectivity index (χ1v) is 12.8. The van der Waals surface area contributed by atoms with Crippen molar-refractivity contribution in [1.82, 2.24) is 0 Å². The lowest BCUT2D eigenvalue weighted by molar-refractivity contribution is -0.139. The number of carbonyl (C=O) groups excluding carboxylic acids is 1. The predicted octanol–water partition coefficient (Wildman–Crippen LogP) is 6.74. The van der Waals surface area contributed by atoms with Crippen LogP contribution in [0.5, 0.6) is 11.5 Å². The predicted molar refractivity (Wildman–Crippen MR) is 142 cm³/mol. The Morgan fingerprint density at radius 2 is 1.75 bits per heavy atom. The Balaban J connectivity index is 1.74. The third-order valence-corrected chi connectivity index (χ3v) is 7.41. The molecule has 2 unspecified atom stereocenters. The summed E-state index contributed by atoms with van der Waals surface area (Å²) < 4.78 is 12.1. The number of aliphatic carboxylic acids is 1. The fourth-order valence-corrected chi connectivity index (χ4v) is 5.77. The van der Waals surface area contributed by atoms with E-state index in [1.54, 1.807) is 42.5 Å². The van der Waals surface area contributed by atoms with Gasteiger partial charge in [-0.25, -0.2) is 0 Å². The first kappa shape index (κ1) is 24.7. The maximum absolute atomic E-state index is 14.0. The molecule has 2 aliphatic rings. The lowest BCUT2D eigenvalue weighted by atomic mass is 9.79. The standard InChI is InChI=1S/C28H25BrClNO5/c1-28(2,3)20-8-6-17(14-21(20)30)31-25(15-4-9-22-23(12-15)36-11-10-35-22)24(27(33)34)18-7-5-16(29)13-19(18)26(31)32/h4-9,12-14,24-25H,10-11H2,1-3H3,(H,33,34). The summed E-state index contributed by atoms with van der Waals surface area (Å²) >= 11 is 10.1. The summed E-state index contributed by atoms with van der Waals surface area (Å²) in [5.74, 6) is -1.24. The van der Waals surface area contributed by atoms with E-state index in [0.29, 0.717) is 56.6 Å². The van der Waals surface area contributed by atoms with E-state index in [2.05, 4.69) is 36.7 Å². The highest BCUT2D eigenvalue weighted by atomic mass is 79.9. The van der Waals surface area contributed by atoms with E-state index in [0.717, 1.165) is 5.56 Å². The second kappa shape index (κ2) is 9.12. The number of ether oxygens (including phenoxy) is 2. The van der Waals surface area contributed by atoms with Gasteiger partial charge in [-0.05, 0) is 58.5 Å². The van der Waals surface area contributed by atoms with Gasteiger partial charge < -0.3 is 14.6 Å². The Morgan fingerprint density at radius 1 is 1.03 bits per heavy atom. The molecule has 5 rings (SSSR count). The molecule has 1 N–H and O–H groups in total. The van der Waals surface area contributed by atoms with Crippen LogP contribution in [0.2, 0.25) is 5.02 Å². The van der Waals surface area contributed by atoms with Crippen molar-refractivity contribution >= 4 is 45.1 Å². The van der Waals surface area contributed by atoms with Crippen LogP contribution in [0.1, 0.15) is 59.8 Å². The Hall–Kier alpha value is -3.03. The number of amides is 1. The summed E-state index contributed by atoms with van der Waals surface area (Å²) in [6.07, 6.45) is 0. The highest BCUT2D eigenvalue weighted by Gasteiger charge is 2.45. The van der Waals surface area contributed by atoms with E-state index in [4.69, 9.17) is 21.1 Å². The van der Waals surface area contributed by atoms with Crippen LogP contribution in [0.3, 0.4) is 0 Å². The van der Waals surface area contributed by atoms with Crippen molar-refractivity contribution in [2.45, 2.75) is 38.1 Å². The zero-order chi connectivity index (χ0) is 25.8. The van der Waals surface area contributed by atoms with E-state index in [9.17, 15) is 14.7 Å². The van der Waals surface area contributed by atoms with Crippen molar-refractivity contribution in [2.75, 3.05) is 18.1 Å². The maximum Gasteiger partial charge on any atom is 0.313 e. The van der Waals surface area contributed by atoms with Crippen LogP contribution in [0.25, 0.3) is 0 Å². The van der Waals surface area contributed by atoms with Crippen LogP contribution in [0.4, 0.5) is 5.69 Å². The smallest absolute Gasteiger partial charge is 0.313 e. The third kappa shape index (κ3) is 4.24. The van der Waals surface area contributed by atoms with Crippen LogP contribution in [0.15, 0.2) is 59.1 Å². The van der Waals surface area contributed by atoms with E-state index >= 15 is 0 Å². The Bertz CT molecular complexity index is 1380. The molecule has 0 radical (unpaired) electrons. The minimum atomic E-state index is -1.03. The van der Waals surface area contributed by atoms with Gasteiger partial charge in [0.2, 0.25) is 0 Å². The molecule has 3 aromatic carbocycles. The van der Waals surface area contributed by atoms with Crippen LogP contribution in [0, 0.1) is 0 Å². The summed E-state index contributed by atoms with van der Waals surface area (Å²) in [5.41, 5.74) is 2.69. The fraction of sp³-hybridized carbons (Fsp3) is 0.286. The number of anilines is 1. The highest BCUT2D eigenvalue weighted by Crippen LogP contribution is 2.48. The Kier molecular flexibility index (Phi) is 6.25. The number of hydrogen-bond acceptors (Lipinski definition) is 4. The maximum atomic E-state index is 14.0. The second-order valence-corrected chi connectivity index (χ2v) is 11.3. The van der Waals surface area contributed by atoms with Gasteiger partial charge in [0.1, 0.15) is 19.1 Å². The van der Waals surface area contributed by atoms with Crippen molar-refractivity contribution < 1.29 is 24.2 Å². The lowest BCUT2D eigenvalue weighted by Crippen LogP contribution is -2.45. The Labute approximate surface area is 222 Å². The molecule has 0 saturated carbocycles. The van der Waals surface area contributed by atoms with E-state index < -0.39 is 17.9 Å². The molecule has 0 spiro atoms. The van der Waals surface area contributed by atoms with Crippen molar-refractivity contribution in [3.8, 4) is 11.5 Å². The van der Waals surface area contributed by atoms with Crippen LogP contribution in [-0.2, 0) is 10.2 Å². The average Bonchev–Trinajstić information content (AvgIpc) is 2.82. The molecule has 2 aliphatic heterocycles. The van der Waals surface area contributed by atoms with Crippen molar-refractivity contribution in [3.63, 3.8) is 0 Å². The van der Waals surface area contributed by atoms with E-state index in [1.807, 2.05) is 12.1 Å². The molecule has 2 atom stereocenters. The van der Waals surface area contributed by atoms with Gasteiger partial charge in [-0.2, -0.15) is 0 Å². The van der Waals surface area contributed by atoms with Gasteiger partial charge in [0.25, 0.3) is 5.91 Å². The fourth-order valence-electron chi connectivity index (χ4n) is 4.95. The van der Waals surface area contributed by atoms with Gasteiger partial charge in [0.15, 0.2) is 11.5 Å². The molecule has 0 aliphatic carbocycles. The minimum Gasteiger partial charge on any atom is -0.486 e. The van der Waals surface area contributed by atoms with Crippen molar-refractivity contribution in [2.24, 2.45) is 0 Å². The summed E-state index contributed by atoms with van der Waals surface area (Å²) in [4.78, 5) is 28.3. The summed E-state index contributed by atoms with van der Waals surface area (Å²) in [6.45, 7) is 7.02. The molecule has 186 valence electrons. The quantitative estimate of drug-likeness (QED) is 0.377. The van der Waals surface area contributed by atoms with Crippen LogP contribution in [-0.4, -0.2) is 30.2 Å². The second-order valence-electron chi connectivity index (χ2n) is 9.98. The van der Waals surface area contributed by atoms with Crippen molar-refractivity contribution in [1.29, 1.82) is 0 Å². The summed E-state index contributed by atoms with van der Waals surface area (Å²) in [5, 5.41) is 11.0. The third-order valence-electron chi connectivity index (χ3n) is 6.61. The number of halogens is 2. The first-order valence-electron chi connectivity index (χ1n) is 11.6. The number of fused-ring (bicyclic) bond motifs is 2. The number of nitrogens with zero attached hydrogens (tertiary/aromatic N) is 1. The zero-order valence-corrected chi connectivity index (χ0v) is 22.4. The van der Waals surface area contributed by atoms with Gasteiger partial charge in [0.05, 0.1) is 6.04 Å². The molecule has 0 fully saturated rings. The van der Waals surface area contributed by atoms with E-state index in [1.165, 1.54) is 4.90 Å². The lowest BCUT2D eigenvalue weighted by Gasteiger charge is -2.41. The molecular formula is C28H25BrClNO5. The van der Waals surface area contributed by atoms with Crippen LogP contribution < -0.4 is 14.4 Å². The topological polar surface area (TPSA) is 76.1 Å². The van der Waals surface area contributed by atoms with Gasteiger partial charge in [-0.15, -0.1) is 0 Å². The molecule has 0 bridgehead atoms. The summed E-state index contributed by atoms with van der Waals surface area (Å²) in [7, 11) is 0. The minimum absolute atomic E-state index is 0.197. The molecule has 6 nitrogen and oxygen atoms in total. The normalized spacial score (nSPS) is 19.1. The molecule has 3 aromatic rings. The van der Waals surface area contributed by atoms with E-state index in [-0.39, 0.29) is 11.3 Å². The number of rotatable bonds is 3. The highest BCUT2D eigenvalue weighted by molar-refractivity contribution is 9.10.